The highest BCUT2D eigenvalue weighted by Crippen LogP contribution is 2.29. The summed E-state index contributed by atoms with van der Waals surface area (Å²) < 4.78 is 0. The number of hydrogen-bond donors (Lipinski definition) is 13. The van der Waals surface area contributed by atoms with Gasteiger partial charge in [-0.3, -0.25) is 53.1 Å². The van der Waals surface area contributed by atoms with Gasteiger partial charge in [0.15, 0.2) is 11.9 Å². The number of aromatic amines is 1. The smallest absolute Gasteiger partial charge is 0.246 e. The third-order valence-corrected chi connectivity index (χ3v) is 14.1. The van der Waals surface area contributed by atoms with Crippen molar-refractivity contribution < 1.29 is 43.2 Å². The van der Waals surface area contributed by atoms with Crippen molar-refractivity contribution in [1.82, 2.24) is 47.1 Å². The van der Waals surface area contributed by atoms with Gasteiger partial charge in [-0.1, -0.05) is 78.9 Å². The van der Waals surface area contributed by atoms with E-state index in [1.54, 1.807) is 36.5 Å². The van der Waals surface area contributed by atoms with Crippen LogP contribution >= 0.6 is 0 Å². The van der Waals surface area contributed by atoms with Gasteiger partial charge in [-0.15, -0.1) is 0 Å². The number of amides is 9. The molecule has 81 heavy (non-hydrogen) atoms. The van der Waals surface area contributed by atoms with Gasteiger partial charge in [0.25, 0.3) is 0 Å². The Kier molecular flexibility index (Phi) is 22.9. The molecule has 0 aliphatic carbocycles. The highest BCUT2D eigenvalue weighted by molar-refractivity contribution is 5.99. The van der Waals surface area contributed by atoms with Crippen molar-refractivity contribution in [3.8, 4) is 0 Å². The number of aliphatic imine (C=N–C) groups is 2. The number of aromatic nitrogens is 1. The van der Waals surface area contributed by atoms with Gasteiger partial charge in [-0.2, -0.15) is 0 Å². The van der Waals surface area contributed by atoms with Crippen LogP contribution in [0.4, 0.5) is 0 Å². The monoisotopic (exact) mass is 1120 g/mol. The Bertz CT molecular complexity index is 2890. The molecule has 18 N–H and O–H groups in total. The second kappa shape index (κ2) is 30.4. The van der Waals surface area contributed by atoms with E-state index in [1.165, 1.54) is 11.8 Å². The number of H-pyrrole nitrogens is 1. The van der Waals surface area contributed by atoms with Crippen LogP contribution in [0.1, 0.15) is 81.4 Å². The minimum absolute atomic E-state index is 0.00847. The number of rotatable bonds is 18. The van der Waals surface area contributed by atoms with Crippen molar-refractivity contribution in [2.45, 2.75) is 126 Å². The third kappa shape index (κ3) is 19.1. The van der Waals surface area contributed by atoms with Crippen molar-refractivity contribution in [3.05, 3.63) is 108 Å². The van der Waals surface area contributed by atoms with E-state index in [-0.39, 0.29) is 108 Å². The zero-order valence-electron chi connectivity index (χ0n) is 45.5. The normalized spacial score (nSPS) is 22.1. The van der Waals surface area contributed by atoms with Crippen LogP contribution < -0.4 is 65.9 Å². The molecule has 0 saturated carbocycles. The molecule has 434 valence electrons. The van der Waals surface area contributed by atoms with Gasteiger partial charge in [0.05, 0.1) is 6.42 Å². The Morgan fingerprint density at radius 1 is 0.691 bits per heavy atom. The lowest BCUT2D eigenvalue weighted by atomic mass is 9.96. The maximum absolute atomic E-state index is 15.2. The van der Waals surface area contributed by atoms with Crippen molar-refractivity contribution >= 4 is 76.0 Å². The highest BCUT2D eigenvalue weighted by atomic mass is 16.2. The molecule has 8 atom stereocenters. The number of hydrogen-bond acceptors (Lipinski definition) is 11. The zero-order chi connectivity index (χ0) is 58.4. The van der Waals surface area contributed by atoms with Crippen LogP contribution in [0.3, 0.4) is 0 Å². The molecular formula is C56H76N16O9. The van der Waals surface area contributed by atoms with Crippen molar-refractivity contribution in [2.24, 2.45) is 44.6 Å². The summed E-state index contributed by atoms with van der Waals surface area (Å²) in [5, 5.41) is 20.1. The van der Waals surface area contributed by atoms with Gasteiger partial charge < -0.3 is 75.8 Å². The molecule has 2 fully saturated rings. The first-order valence-corrected chi connectivity index (χ1v) is 27.2. The molecule has 0 radical (unpaired) electrons. The first kappa shape index (κ1) is 61.2. The molecule has 6 rings (SSSR count). The molecule has 9 amide bonds. The van der Waals surface area contributed by atoms with Crippen molar-refractivity contribution in [3.63, 3.8) is 0 Å². The topological polar surface area (TPSA) is 412 Å². The molecule has 25 heteroatoms. The minimum Gasteiger partial charge on any atom is -0.370 e. The molecule has 25 nitrogen and oxygen atoms in total. The summed E-state index contributed by atoms with van der Waals surface area (Å²) in [5.74, 6) is -7.36. The molecule has 3 heterocycles. The Hall–Kier alpha value is -9.03. The van der Waals surface area contributed by atoms with E-state index in [1.807, 2.05) is 54.6 Å². The summed E-state index contributed by atoms with van der Waals surface area (Å²) in [6, 6.07) is 16.3. The van der Waals surface area contributed by atoms with Crippen LogP contribution in [0.15, 0.2) is 101 Å². The summed E-state index contributed by atoms with van der Waals surface area (Å²) in [6.45, 7) is 1.46. The fourth-order valence-corrected chi connectivity index (χ4v) is 10.1. The molecule has 0 spiro atoms. The maximum Gasteiger partial charge on any atom is 0.246 e. The number of nitrogens with one attached hydrogen (secondary N) is 8. The van der Waals surface area contributed by atoms with Gasteiger partial charge in [0.1, 0.15) is 42.3 Å². The molecule has 0 bridgehead atoms. The minimum atomic E-state index is -1.58. The van der Waals surface area contributed by atoms with Crippen molar-refractivity contribution in [1.29, 1.82) is 0 Å². The zero-order valence-corrected chi connectivity index (χ0v) is 45.5. The van der Waals surface area contributed by atoms with E-state index in [2.05, 4.69) is 52.2 Å². The van der Waals surface area contributed by atoms with Gasteiger partial charge >= 0.3 is 0 Å². The number of fused-ring (bicyclic) bond motifs is 2. The van der Waals surface area contributed by atoms with E-state index in [9.17, 15) is 33.6 Å². The van der Waals surface area contributed by atoms with Crippen LogP contribution in [-0.2, 0) is 62.4 Å². The van der Waals surface area contributed by atoms with Gasteiger partial charge in [0, 0.05) is 63.0 Å². The average molecular weight is 1120 g/mol. The molecule has 2 aliphatic heterocycles. The molecule has 4 aromatic rings. The number of para-hydroxylation sites is 1. The van der Waals surface area contributed by atoms with E-state index in [4.69, 9.17) is 28.7 Å². The first-order valence-electron chi connectivity index (χ1n) is 27.2. The fraction of sp³-hybridized carbons (Fsp3) is 0.446. The van der Waals surface area contributed by atoms with Crippen LogP contribution in [0.2, 0.25) is 0 Å². The van der Waals surface area contributed by atoms with Crippen LogP contribution in [0.5, 0.6) is 0 Å². The number of guanidine groups is 2. The SMILES string of the molecule is CC(=O)N[C@@H](CCCN=C(N)N)C(=O)N[C@@H]1CC(=O)NCCCC[C@H](C(N)=O)NC(=O)[C@@H](Cc2c[nH]c3ccccc23)NC(=O)[C@@H](CCCN=C(N)N)NC(=O)[C@H](Cc2ccccc2)NC(=O)[C@H]2C[C@H](Cc3ccccc3)CN2C1=O. The lowest BCUT2D eigenvalue weighted by Gasteiger charge is -2.31. The second-order valence-corrected chi connectivity index (χ2v) is 20.5. The number of carbonyl (C=O) groups excluding carboxylic acids is 9. The Balaban J connectivity index is 1.40. The van der Waals surface area contributed by atoms with Crippen LogP contribution in [0.25, 0.3) is 10.9 Å². The Morgan fingerprint density at radius 3 is 1.95 bits per heavy atom. The van der Waals surface area contributed by atoms with Crippen molar-refractivity contribution in [2.75, 3.05) is 26.2 Å². The maximum atomic E-state index is 15.2. The molecule has 3 aromatic carbocycles. The third-order valence-electron chi connectivity index (χ3n) is 14.1. The molecule has 0 unspecified atom stereocenters. The predicted octanol–water partition coefficient (Wildman–Crippen LogP) is -1.38. The number of primary amides is 1. The van der Waals surface area contributed by atoms with E-state index in [0.29, 0.717) is 17.5 Å². The van der Waals surface area contributed by atoms with Gasteiger partial charge in [-0.25, -0.2) is 0 Å². The lowest BCUT2D eigenvalue weighted by molar-refractivity contribution is -0.143. The van der Waals surface area contributed by atoms with Crippen LogP contribution in [-0.4, -0.2) is 143 Å². The average Bonchev–Trinajstić information content (AvgIpc) is 4.20. The number of nitrogens with zero attached hydrogens (tertiary/aromatic N) is 3. The van der Waals surface area contributed by atoms with Crippen LogP contribution in [0, 0.1) is 5.92 Å². The number of carbonyl (C=O) groups is 9. The summed E-state index contributed by atoms with van der Waals surface area (Å²) in [6.07, 6.45) is 2.51. The molecule has 2 saturated heterocycles. The molecule has 1 aromatic heterocycles. The largest absolute Gasteiger partial charge is 0.370 e. The number of nitrogens with two attached hydrogens (primary N) is 5. The summed E-state index contributed by atoms with van der Waals surface area (Å²) in [5.41, 5.74) is 31.1. The Labute approximate surface area is 469 Å². The standard InChI is InChI=1S/C56H76N16O9/c1-33(73)66-41(21-12-24-63-55(58)59)49(76)71-45-30-47(74)62-23-11-10-20-40(48(57)75)67-52(79)44(29-37-31-65-39-19-9-8-18-38(37)39)69-50(77)42(22-13-25-64-56(60)61)68-51(78)43(27-35-16-6-3-7-17-35)70-53(80)46-28-36(32-72(46)54(45)81)26-34-14-4-2-5-15-34/h2-9,14-19,31,36,40-46,65H,10-13,20-30,32H2,1H3,(H2,57,75)(H,62,74)(H,66,73)(H,67,79)(H,68,78)(H,69,77)(H,70,80)(H,71,76)(H4,58,59,63)(H4,60,61,64)/t36-,40+,41-,42+,43-,44+,45+,46+/m0/s1. The summed E-state index contributed by atoms with van der Waals surface area (Å²) in [7, 11) is 0. The van der Waals surface area contributed by atoms with E-state index in [0.717, 1.165) is 16.5 Å². The van der Waals surface area contributed by atoms with Gasteiger partial charge in [-0.05, 0) is 86.5 Å². The van der Waals surface area contributed by atoms with E-state index >= 15 is 9.59 Å². The number of benzene rings is 3. The second-order valence-electron chi connectivity index (χ2n) is 20.5. The Morgan fingerprint density at radius 2 is 1.28 bits per heavy atom. The first-order chi connectivity index (χ1) is 38.8. The lowest BCUT2D eigenvalue weighted by Crippen LogP contribution is -2.60. The van der Waals surface area contributed by atoms with E-state index < -0.39 is 102 Å². The van der Waals surface area contributed by atoms with Gasteiger partial charge in [0.2, 0.25) is 53.2 Å². The fourth-order valence-electron chi connectivity index (χ4n) is 10.1. The predicted molar refractivity (Wildman–Crippen MR) is 304 cm³/mol. The summed E-state index contributed by atoms with van der Waals surface area (Å²) in [4.78, 5) is 140. The quantitative estimate of drug-likeness (QED) is 0.0311. The molecule has 2 aliphatic rings. The molecular weight excluding hydrogens is 1040 g/mol. The highest BCUT2D eigenvalue weighted by Gasteiger charge is 2.44. The summed E-state index contributed by atoms with van der Waals surface area (Å²) >= 11 is 0.